The van der Waals surface area contributed by atoms with Gasteiger partial charge in [-0.1, -0.05) is 6.92 Å². The highest BCUT2D eigenvalue weighted by Gasteiger charge is 2.15. The minimum absolute atomic E-state index is 0.225. The van der Waals surface area contributed by atoms with E-state index in [-0.39, 0.29) is 4.90 Å². The molecule has 0 radical (unpaired) electrons. The topological polar surface area (TPSA) is 67.4 Å². The smallest absolute Gasteiger partial charge is 0.240 e. The summed E-state index contributed by atoms with van der Waals surface area (Å²) in [5, 5.41) is 3.14. The van der Waals surface area contributed by atoms with Gasteiger partial charge in [-0.25, -0.2) is 13.1 Å². The van der Waals surface area contributed by atoms with Crippen LogP contribution in [0.3, 0.4) is 0 Å². The van der Waals surface area contributed by atoms with Crippen molar-refractivity contribution in [1.82, 2.24) is 10.0 Å². The van der Waals surface area contributed by atoms with Crippen molar-refractivity contribution in [3.8, 4) is 5.75 Å². The van der Waals surface area contributed by atoms with Crippen LogP contribution in [-0.2, 0) is 10.0 Å². The highest BCUT2D eigenvalue weighted by Crippen LogP contribution is 2.27. The van der Waals surface area contributed by atoms with Gasteiger partial charge in [0, 0.05) is 13.1 Å². The lowest BCUT2D eigenvalue weighted by Crippen LogP contribution is -2.32. The molecule has 0 saturated heterocycles. The van der Waals surface area contributed by atoms with Crippen LogP contribution in [0, 0.1) is 0 Å². The zero-order valence-corrected chi connectivity index (χ0v) is 14.2. The van der Waals surface area contributed by atoms with Crippen LogP contribution in [0.15, 0.2) is 27.6 Å². The molecule has 0 spiro atoms. The molecular weight excluding hydrogens is 344 g/mol. The molecule has 0 amide bonds. The maximum atomic E-state index is 12.1. The van der Waals surface area contributed by atoms with E-state index >= 15 is 0 Å². The molecule has 5 nitrogen and oxygen atoms in total. The summed E-state index contributed by atoms with van der Waals surface area (Å²) in [4.78, 5) is 0.225. The van der Waals surface area contributed by atoms with Crippen LogP contribution in [-0.4, -0.2) is 34.7 Å². The monoisotopic (exact) mass is 364 g/mol. The van der Waals surface area contributed by atoms with Crippen molar-refractivity contribution in [2.24, 2.45) is 0 Å². The fourth-order valence-electron chi connectivity index (χ4n) is 1.58. The van der Waals surface area contributed by atoms with Crippen LogP contribution in [0.2, 0.25) is 0 Å². The van der Waals surface area contributed by atoms with E-state index in [0.717, 1.165) is 13.0 Å². The first-order valence-corrected chi connectivity index (χ1v) is 8.91. The molecule has 0 aromatic heterocycles. The molecule has 114 valence electrons. The molecule has 20 heavy (non-hydrogen) atoms. The molecule has 0 heterocycles. The summed E-state index contributed by atoms with van der Waals surface area (Å²) >= 11 is 3.31. The van der Waals surface area contributed by atoms with Gasteiger partial charge in [-0.2, -0.15) is 0 Å². The Morgan fingerprint density at radius 3 is 2.55 bits per heavy atom. The fraction of sp³-hybridized carbons (Fsp3) is 0.538. The lowest BCUT2D eigenvalue weighted by Gasteiger charge is -2.10. The minimum Gasteiger partial charge on any atom is -0.493 e. The van der Waals surface area contributed by atoms with E-state index in [2.05, 4.69) is 32.9 Å². The molecule has 7 heteroatoms. The predicted molar refractivity (Wildman–Crippen MR) is 83.7 cm³/mol. The number of ether oxygens (including phenoxy) is 1. The third-order valence-electron chi connectivity index (χ3n) is 2.53. The van der Waals surface area contributed by atoms with Crippen LogP contribution >= 0.6 is 15.9 Å². The number of sulfonamides is 1. The predicted octanol–water partition coefficient (Wildman–Crippen LogP) is 2.13. The van der Waals surface area contributed by atoms with Gasteiger partial charge < -0.3 is 10.1 Å². The van der Waals surface area contributed by atoms with Gasteiger partial charge in [0.2, 0.25) is 10.0 Å². The van der Waals surface area contributed by atoms with Crippen molar-refractivity contribution in [3.63, 3.8) is 0 Å². The molecule has 1 rings (SSSR count). The molecule has 0 fully saturated rings. The van der Waals surface area contributed by atoms with Crippen LogP contribution in [0.1, 0.15) is 20.3 Å². The summed E-state index contributed by atoms with van der Waals surface area (Å²) in [7, 11) is -3.48. The second kappa shape index (κ2) is 8.61. The Morgan fingerprint density at radius 1 is 1.20 bits per heavy atom. The SMILES string of the molecule is CCCNCCNS(=O)(=O)c1ccc(OCC)c(Br)c1. The Morgan fingerprint density at radius 2 is 1.95 bits per heavy atom. The number of hydrogen-bond donors (Lipinski definition) is 2. The summed E-state index contributed by atoms with van der Waals surface area (Å²) in [6.45, 7) is 6.34. The summed E-state index contributed by atoms with van der Waals surface area (Å²) < 4.78 is 32.7. The van der Waals surface area contributed by atoms with Crippen LogP contribution in [0.5, 0.6) is 5.75 Å². The average molecular weight is 365 g/mol. The number of halogens is 1. The first kappa shape index (κ1) is 17.4. The molecule has 2 N–H and O–H groups in total. The number of benzene rings is 1. The van der Waals surface area contributed by atoms with Gasteiger partial charge in [0.05, 0.1) is 16.0 Å². The zero-order valence-electron chi connectivity index (χ0n) is 11.8. The van der Waals surface area contributed by atoms with Gasteiger partial charge in [0.1, 0.15) is 5.75 Å². The van der Waals surface area contributed by atoms with Crippen molar-refractivity contribution in [3.05, 3.63) is 22.7 Å². The molecule has 0 aliphatic rings. The van der Waals surface area contributed by atoms with Crippen LogP contribution in [0.25, 0.3) is 0 Å². The second-order valence-electron chi connectivity index (χ2n) is 4.17. The lowest BCUT2D eigenvalue weighted by molar-refractivity contribution is 0.338. The number of nitrogens with one attached hydrogen (secondary N) is 2. The van der Waals surface area contributed by atoms with Crippen molar-refractivity contribution < 1.29 is 13.2 Å². The fourth-order valence-corrected chi connectivity index (χ4v) is 3.28. The van der Waals surface area contributed by atoms with Crippen molar-refractivity contribution in [2.45, 2.75) is 25.2 Å². The van der Waals surface area contributed by atoms with Crippen molar-refractivity contribution >= 4 is 26.0 Å². The Labute approximate surface area is 129 Å². The third kappa shape index (κ3) is 5.40. The Hall–Kier alpha value is -0.630. The molecule has 0 unspecified atom stereocenters. The zero-order chi connectivity index (χ0) is 15.0. The Kier molecular flexibility index (Phi) is 7.50. The van der Waals surface area contributed by atoms with Crippen molar-refractivity contribution in [2.75, 3.05) is 26.2 Å². The van der Waals surface area contributed by atoms with E-state index in [1.807, 2.05) is 6.92 Å². The molecule has 1 aromatic rings. The van der Waals surface area contributed by atoms with Gasteiger partial charge in [-0.3, -0.25) is 0 Å². The van der Waals surface area contributed by atoms with Crippen LogP contribution < -0.4 is 14.8 Å². The van der Waals surface area contributed by atoms with E-state index in [0.29, 0.717) is 29.9 Å². The quantitative estimate of drug-likeness (QED) is 0.658. The van der Waals surface area contributed by atoms with Gasteiger partial charge in [0.15, 0.2) is 0 Å². The molecular formula is C13H21BrN2O3S. The summed E-state index contributed by atoms with van der Waals surface area (Å²) in [5.74, 6) is 0.635. The Bertz CT molecular complexity index is 520. The van der Waals surface area contributed by atoms with E-state index in [1.54, 1.807) is 12.1 Å². The van der Waals surface area contributed by atoms with Gasteiger partial charge >= 0.3 is 0 Å². The van der Waals surface area contributed by atoms with Gasteiger partial charge in [-0.15, -0.1) is 0 Å². The lowest BCUT2D eigenvalue weighted by atomic mass is 10.3. The van der Waals surface area contributed by atoms with E-state index in [9.17, 15) is 8.42 Å². The molecule has 0 saturated carbocycles. The maximum Gasteiger partial charge on any atom is 0.240 e. The van der Waals surface area contributed by atoms with Crippen molar-refractivity contribution in [1.29, 1.82) is 0 Å². The van der Waals surface area contributed by atoms with E-state index in [4.69, 9.17) is 4.74 Å². The summed E-state index contributed by atoms with van der Waals surface area (Å²) in [5.41, 5.74) is 0. The molecule has 1 aromatic carbocycles. The Balaban J connectivity index is 2.65. The highest BCUT2D eigenvalue weighted by molar-refractivity contribution is 9.10. The summed E-state index contributed by atoms with van der Waals surface area (Å²) in [6.07, 6.45) is 1.03. The highest BCUT2D eigenvalue weighted by atomic mass is 79.9. The van der Waals surface area contributed by atoms with Gasteiger partial charge in [0.25, 0.3) is 0 Å². The maximum absolute atomic E-state index is 12.1. The number of hydrogen-bond acceptors (Lipinski definition) is 4. The van der Waals surface area contributed by atoms with E-state index in [1.165, 1.54) is 6.07 Å². The molecule has 0 bridgehead atoms. The van der Waals surface area contributed by atoms with Gasteiger partial charge in [-0.05, 0) is 54.0 Å². The normalized spacial score (nSPS) is 11.6. The summed E-state index contributed by atoms with van der Waals surface area (Å²) in [6, 6.07) is 4.74. The minimum atomic E-state index is -3.48. The standard InChI is InChI=1S/C13H21BrN2O3S/c1-3-7-15-8-9-16-20(17,18)11-5-6-13(19-4-2)12(14)10-11/h5-6,10,15-16H,3-4,7-9H2,1-2H3. The van der Waals surface area contributed by atoms with E-state index < -0.39 is 10.0 Å². The number of rotatable bonds is 9. The molecule has 0 atom stereocenters. The largest absolute Gasteiger partial charge is 0.493 e. The molecule has 0 aliphatic heterocycles. The molecule has 0 aliphatic carbocycles. The first-order chi connectivity index (χ1) is 9.51. The van der Waals surface area contributed by atoms with Crippen LogP contribution in [0.4, 0.5) is 0 Å². The second-order valence-corrected chi connectivity index (χ2v) is 6.79. The third-order valence-corrected chi connectivity index (χ3v) is 4.61. The first-order valence-electron chi connectivity index (χ1n) is 6.64. The average Bonchev–Trinajstić information content (AvgIpc) is 2.41.